The first-order valence-corrected chi connectivity index (χ1v) is 6.87. The van der Waals surface area contributed by atoms with E-state index in [0.717, 1.165) is 12.5 Å². The summed E-state index contributed by atoms with van der Waals surface area (Å²) in [5.41, 5.74) is 7.16. The number of nitrogens with zero attached hydrogens (tertiary/aromatic N) is 1. The second-order valence-corrected chi connectivity index (χ2v) is 6.06. The summed E-state index contributed by atoms with van der Waals surface area (Å²) in [4.78, 5) is 6.36. The van der Waals surface area contributed by atoms with Crippen LogP contribution in [0.2, 0.25) is 0 Å². The molecule has 1 fully saturated rings. The van der Waals surface area contributed by atoms with Gasteiger partial charge in [-0.3, -0.25) is 0 Å². The summed E-state index contributed by atoms with van der Waals surface area (Å²) in [5.74, 6) is 1.51. The molecular formula is C12H18N2S. The molecule has 1 aromatic heterocycles. The fourth-order valence-corrected chi connectivity index (χ4v) is 3.75. The fourth-order valence-electron chi connectivity index (χ4n) is 2.44. The number of rotatable bonds is 3. The minimum Gasteiger partial charge on any atom is -0.330 e. The van der Waals surface area contributed by atoms with Crippen molar-refractivity contribution in [3.05, 3.63) is 15.6 Å². The zero-order valence-corrected chi connectivity index (χ0v) is 9.85. The molecule has 1 heterocycles. The summed E-state index contributed by atoms with van der Waals surface area (Å²) in [6.07, 6.45) is 7.87. The van der Waals surface area contributed by atoms with E-state index in [9.17, 15) is 0 Å². The molecule has 0 radical (unpaired) electrons. The summed E-state index contributed by atoms with van der Waals surface area (Å²) in [6.45, 7) is 0.777. The monoisotopic (exact) mass is 222 g/mol. The van der Waals surface area contributed by atoms with Crippen molar-refractivity contribution in [1.29, 1.82) is 0 Å². The van der Waals surface area contributed by atoms with Gasteiger partial charge in [-0.05, 0) is 38.0 Å². The van der Waals surface area contributed by atoms with Crippen LogP contribution < -0.4 is 5.73 Å². The highest BCUT2D eigenvalue weighted by Crippen LogP contribution is 2.38. The van der Waals surface area contributed by atoms with Gasteiger partial charge in [0.25, 0.3) is 0 Å². The Morgan fingerprint density at radius 1 is 1.33 bits per heavy atom. The van der Waals surface area contributed by atoms with E-state index in [4.69, 9.17) is 10.7 Å². The first-order chi connectivity index (χ1) is 7.36. The minimum absolute atomic E-state index is 0.554. The van der Waals surface area contributed by atoms with Gasteiger partial charge in [0.1, 0.15) is 0 Å². The van der Waals surface area contributed by atoms with Gasteiger partial charge in [-0.2, -0.15) is 0 Å². The molecule has 3 rings (SSSR count). The predicted molar refractivity (Wildman–Crippen MR) is 63.3 cm³/mol. The molecule has 2 aliphatic rings. The second kappa shape index (κ2) is 3.87. The van der Waals surface area contributed by atoms with Crippen molar-refractivity contribution in [1.82, 2.24) is 4.98 Å². The van der Waals surface area contributed by atoms with Gasteiger partial charge in [-0.25, -0.2) is 4.98 Å². The van der Waals surface area contributed by atoms with Gasteiger partial charge in [-0.15, -0.1) is 11.3 Å². The van der Waals surface area contributed by atoms with E-state index >= 15 is 0 Å². The highest BCUT2D eigenvalue weighted by molar-refractivity contribution is 7.11. The van der Waals surface area contributed by atoms with Crippen molar-refractivity contribution in [2.75, 3.05) is 6.54 Å². The van der Waals surface area contributed by atoms with E-state index in [-0.39, 0.29) is 0 Å². The third-order valence-corrected chi connectivity index (χ3v) is 4.71. The summed E-state index contributed by atoms with van der Waals surface area (Å²) < 4.78 is 0. The number of hydrogen-bond donors (Lipinski definition) is 1. The maximum Gasteiger partial charge on any atom is 0.0934 e. The van der Waals surface area contributed by atoms with E-state index in [1.165, 1.54) is 54.1 Å². The van der Waals surface area contributed by atoms with Crippen molar-refractivity contribution >= 4 is 11.3 Å². The molecule has 1 aromatic rings. The molecule has 2 nitrogen and oxygen atoms in total. The number of hydrogen-bond acceptors (Lipinski definition) is 3. The third kappa shape index (κ3) is 1.95. The van der Waals surface area contributed by atoms with Crippen LogP contribution in [-0.2, 0) is 12.8 Å². The Morgan fingerprint density at radius 2 is 2.20 bits per heavy atom. The predicted octanol–water partition coefficient (Wildman–Crippen LogP) is 2.47. The van der Waals surface area contributed by atoms with Crippen LogP contribution in [0.5, 0.6) is 0 Å². The van der Waals surface area contributed by atoms with Crippen molar-refractivity contribution in [3.8, 4) is 0 Å². The van der Waals surface area contributed by atoms with Crippen LogP contribution in [0.4, 0.5) is 0 Å². The quantitative estimate of drug-likeness (QED) is 0.853. The maximum atomic E-state index is 5.81. The zero-order valence-electron chi connectivity index (χ0n) is 9.04. The van der Waals surface area contributed by atoms with Gasteiger partial charge in [0, 0.05) is 23.8 Å². The van der Waals surface area contributed by atoms with Gasteiger partial charge in [-0.1, -0.05) is 0 Å². The number of thiazole rings is 1. The Balaban J connectivity index is 1.83. The van der Waals surface area contributed by atoms with Crippen molar-refractivity contribution in [2.24, 2.45) is 11.7 Å². The molecule has 2 N–H and O–H groups in total. The first-order valence-electron chi connectivity index (χ1n) is 6.05. The molecule has 15 heavy (non-hydrogen) atoms. The minimum atomic E-state index is 0.554. The van der Waals surface area contributed by atoms with Crippen LogP contribution in [0.1, 0.15) is 47.2 Å². The normalized spacial score (nSPS) is 25.3. The summed E-state index contributed by atoms with van der Waals surface area (Å²) >= 11 is 1.96. The Labute approximate surface area is 94.9 Å². The molecule has 1 unspecified atom stereocenters. The van der Waals surface area contributed by atoms with Crippen LogP contribution in [0.3, 0.4) is 0 Å². The van der Waals surface area contributed by atoms with Crippen molar-refractivity contribution in [2.45, 2.75) is 44.4 Å². The van der Waals surface area contributed by atoms with E-state index < -0.39 is 0 Å². The Bertz CT molecular complexity index is 355. The summed E-state index contributed by atoms with van der Waals surface area (Å²) in [7, 11) is 0. The largest absolute Gasteiger partial charge is 0.330 e. The highest BCUT2D eigenvalue weighted by Gasteiger charge is 2.27. The van der Waals surface area contributed by atoms with Gasteiger partial charge in [0.15, 0.2) is 0 Å². The standard InChI is InChI=1S/C12H18N2S/c13-7-9-2-1-3-10-12(9)14-11(15-10)6-8-4-5-8/h8-9H,1-7,13H2. The van der Waals surface area contributed by atoms with Crippen molar-refractivity contribution in [3.63, 3.8) is 0 Å². The molecule has 0 saturated heterocycles. The molecule has 0 aromatic carbocycles. The fraction of sp³-hybridized carbons (Fsp3) is 0.750. The van der Waals surface area contributed by atoms with Gasteiger partial charge in [0.05, 0.1) is 10.7 Å². The molecule has 0 spiro atoms. The number of aromatic nitrogens is 1. The van der Waals surface area contributed by atoms with Crippen LogP contribution >= 0.6 is 11.3 Å². The smallest absolute Gasteiger partial charge is 0.0934 e. The van der Waals surface area contributed by atoms with Crippen LogP contribution in [0.15, 0.2) is 0 Å². The Morgan fingerprint density at radius 3 is 2.93 bits per heavy atom. The Kier molecular flexibility index (Phi) is 2.53. The molecule has 0 aliphatic heterocycles. The lowest BCUT2D eigenvalue weighted by atomic mass is 9.91. The highest BCUT2D eigenvalue weighted by atomic mass is 32.1. The lowest BCUT2D eigenvalue weighted by Crippen LogP contribution is -2.17. The van der Waals surface area contributed by atoms with E-state index in [1.807, 2.05) is 11.3 Å². The molecule has 82 valence electrons. The molecule has 1 atom stereocenters. The number of nitrogens with two attached hydrogens (primary N) is 1. The van der Waals surface area contributed by atoms with Gasteiger partial charge in [0.2, 0.25) is 0 Å². The average Bonchev–Trinajstić information content (AvgIpc) is 2.95. The molecular weight excluding hydrogens is 204 g/mol. The summed E-state index contributed by atoms with van der Waals surface area (Å²) in [5, 5.41) is 1.38. The van der Waals surface area contributed by atoms with E-state index in [1.54, 1.807) is 0 Å². The second-order valence-electron chi connectivity index (χ2n) is 4.89. The average molecular weight is 222 g/mol. The van der Waals surface area contributed by atoms with Crippen LogP contribution in [0, 0.1) is 5.92 Å². The zero-order chi connectivity index (χ0) is 10.3. The molecule has 1 saturated carbocycles. The van der Waals surface area contributed by atoms with Crippen LogP contribution in [-0.4, -0.2) is 11.5 Å². The molecule has 3 heteroatoms. The van der Waals surface area contributed by atoms with Gasteiger partial charge >= 0.3 is 0 Å². The Hall–Kier alpha value is -0.410. The lowest BCUT2D eigenvalue weighted by Gasteiger charge is -2.18. The number of aryl methyl sites for hydroxylation is 1. The third-order valence-electron chi connectivity index (χ3n) is 3.56. The van der Waals surface area contributed by atoms with Crippen LogP contribution in [0.25, 0.3) is 0 Å². The molecule has 0 amide bonds. The van der Waals surface area contributed by atoms with E-state index in [2.05, 4.69) is 0 Å². The van der Waals surface area contributed by atoms with Gasteiger partial charge < -0.3 is 5.73 Å². The maximum absolute atomic E-state index is 5.81. The lowest BCUT2D eigenvalue weighted by molar-refractivity contribution is 0.552. The van der Waals surface area contributed by atoms with E-state index in [0.29, 0.717) is 5.92 Å². The molecule has 2 aliphatic carbocycles. The number of fused-ring (bicyclic) bond motifs is 1. The topological polar surface area (TPSA) is 38.9 Å². The first kappa shape index (κ1) is 9.79. The molecule has 0 bridgehead atoms. The van der Waals surface area contributed by atoms with Crippen molar-refractivity contribution < 1.29 is 0 Å². The summed E-state index contributed by atoms with van der Waals surface area (Å²) in [6, 6.07) is 0. The SMILES string of the molecule is NCC1CCCc2sc(CC3CC3)nc21.